The summed E-state index contributed by atoms with van der Waals surface area (Å²) in [6.07, 6.45) is 5.64. The number of nitrogens with one attached hydrogen (secondary N) is 3. The molecule has 1 unspecified atom stereocenters. The van der Waals surface area contributed by atoms with Gasteiger partial charge < -0.3 is 5.32 Å². The summed E-state index contributed by atoms with van der Waals surface area (Å²) in [6.45, 7) is 2.31. The fourth-order valence-corrected chi connectivity index (χ4v) is 2.76. The van der Waals surface area contributed by atoms with Gasteiger partial charge in [-0.2, -0.15) is 5.10 Å². The van der Waals surface area contributed by atoms with Crippen molar-refractivity contribution in [3.63, 3.8) is 0 Å². The normalized spacial score (nSPS) is 18.2. The SMILES string of the molecule is CC(NS(=O)(=O)CCNC1CC1)c1cn[nH]c1. The molecule has 1 aliphatic carbocycles. The molecule has 1 heterocycles. The van der Waals surface area contributed by atoms with Gasteiger partial charge in [0.1, 0.15) is 0 Å². The summed E-state index contributed by atoms with van der Waals surface area (Å²) < 4.78 is 26.1. The molecule has 6 nitrogen and oxygen atoms in total. The smallest absolute Gasteiger partial charge is 0.213 e. The van der Waals surface area contributed by atoms with E-state index in [9.17, 15) is 8.42 Å². The maximum atomic E-state index is 11.8. The van der Waals surface area contributed by atoms with Gasteiger partial charge in [0.05, 0.1) is 11.9 Å². The highest BCUT2D eigenvalue weighted by atomic mass is 32.2. The zero-order valence-electron chi connectivity index (χ0n) is 9.81. The van der Waals surface area contributed by atoms with E-state index in [-0.39, 0.29) is 11.8 Å². The van der Waals surface area contributed by atoms with E-state index in [0.717, 1.165) is 5.56 Å². The molecule has 1 fully saturated rings. The average Bonchev–Trinajstić information content (AvgIpc) is 2.91. The van der Waals surface area contributed by atoms with Crippen molar-refractivity contribution in [2.75, 3.05) is 12.3 Å². The lowest BCUT2D eigenvalue weighted by Crippen LogP contribution is -2.34. The number of nitrogens with zero attached hydrogens (tertiary/aromatic N) is 1. The molecule has 0 amide bonds. The van der Waals surface area contributed by atoms with Crippen LogP contribution in [0.1, 0.15) is 31.4 Å². The Morgan fingerprint density at radius 1 is 1.59 bits per heavy atom. The molecule has 0 saturated heterocycles. The van der Waals surface area contributed by atoms with Gasteiger partial charge in [-0.3, -0.25) is 5.10 Å². The number of hydrogen-bond acceptors (Lipinski definition) is 4. The molecule has 1 aliphatic rings. The first-order valence-electron chi connectivity index (χ1n) is 5.79. The van der Waals surface area contributed by atoms with Crippen molar-refractivity contribution in [3.8, 4) is 0 Å². The van der Waals surface area contributed by atoms with E-state index in [4.69, 9.17) is 0 Å². The first-order valence-corrected chi connectivity index (χ1v) is 7.44. The Morgan fingerprint density at radius 2 is 2.35 bits per heavy atom. The number of rotatable bonds is 7. The molecule has 0 aromatic carbocycles. The highest BCUT2D eigenvalue weighted by molar-refractivity contribution is 7.89. The molecule has 0 radical (unpaired) electrons. The number of aromatic nitrogens is 2. The number of H-pyrrole nitrogens is 1. The van der Waals surface area contributed by atoms with Crippen LogP contribution in [0.4, 0.5) is 0 Å². The second kappa shape index (κ2) is 5.16. The van der Waals surface area contributed by atoms with Crippen LogP contribution in [-0.4, -0.2) is 37.0 Å². The van der Waals surface area contributed by atoms with Crippen LogP contribution in [0.2, 0.25) is 0 Å². The standard InChI is InChI=1S/C10H18N4O2S/c1-8(9-6-12-13-7-9)14-17(15,16)5-4-11-10-2-3-10/h6-8,10-11,14H,2-5H2,1H3,(H,12,13). The van der Waals surface area contributed by atoms with Crippen LogP contribution in [0.15, 0.2) is 12.4 Å². The fraction of sp³-hybridized carbons (Fsp3) is 0.700. The van der Waals surface area contributed by atoms with Crippen LogP contribution >= 0.6 is 0 Å². The van der Waals surface area contributed by atoms with Gasteiger partial charge in [-0.25, -0.2) is 13.1 Å². The summed E-state index contributed by atoms with van der Waals surface area (Å²) in [7, 11) is -3.23. The predicted octanol–water partition coefficient (Wildman–Crippen LogP) is 0.142. The molecule has 1 aromatic rings. The molecular formula is C10H18N4O2S. The summed E-state index contributed by atoms with van der Waals surface area (Å²) >= 11 is 0. The molecule has 1 aromatic heterocycles. The average molecular weight is 258 g/mol. The third-order valence-corrected chi connectivity index (χ3v) is 4.21. The molecule has 2 rings (SSSR count). The Balaban J connectivity index is 1.79. The minimum atomic E-state index is -3.23. The van der Waals surface area contributed by atoms with Gasteiger partial charge >= 0.3 is 0 Å². The van der Waals surface area contributed by atoms with Gasteiger partial charge in [0.15, 0.2) is 0 Å². The maximum absolute atomic E-state index is 11.8. The Kier molecular flexibility index (Phi) is 3.80. The Labute approximate surface area is 101 Å². The molecule has 0 bridgehead atoms. The lowest BCUT2D eigenvalue weighted by molar-refractivity contribution is 0.562. The van der Waals surface area contributed by atoms with E-state index in [1.54, 1.807) is 19.3 Å². The third kappa shape index (κ3) is 4.10. The summed E-state index contributed by atoms with van der Waals surface area (Å²) in [5, 5.41) is 9.64. The molecule has 0 spiro atoms. The van der Waals surface area contributed by atoms with Gasteiger partial charge in [0, 0.05) is 30.4 Å². The molecule has 0 aliphatic heterocycles. The van der Waals surface area contributed by atoms with Crippen molar-refractivity contribution < 1.29 is 8.42 Å². The second-order valence-corrected chi connectivity index (χ2v) is 6.29. The van der Waals surface area contributed by atoms with E-state index in [1.165, 1.54) is 12.8 Å². The topological polar surface area (TPSA) is 86.9 Å². The number of sulfonamides is 1. The van der Waals surface area contributed by atoms with Gasteiger partial charge in [-0.1, -0.05) is 0 Å². The van der Waals surface area contributed by atoms with Gasteiger partial charge in [-0.05, 0) is 19.8 Å². The van der Waals surface area contributed by atoms with Crippen LogP contribution in [0.5, 0.6) is 0 Å². The van der Waals surface area contributed by atoms with Crippen molar-refractivity contribution in [1.29, 1.82) is 0 Å². The fourth-order valence-electron chi connectivity index (χ4n) is 1.58. The maximum Gasteiger partial charge on any atom is 0.213 e. The molecular weight excluding hydrogens is 240 g/mol. The minimum Gasteiger partial charge on any atom is -0.313 e. The minimum absolute atomic E-state index is 0.117. The molecule has 7 heteroatoms. The monoisotopic (exact) mass is 258 g/mol. The zero-order valence-corrected chi connectivity index (χ0v) is 10.6. The lowest BCUT2D eigenvalue weighted by Gasteiger charge is -2.12. The van der Waals surface area contributed by atoms with Crippen LogP contribution < -0.4 is 10.0 Å². The Hall–Kier alpha value is -0.920. The molecule has 3 N–H and O–H groups in total. The summed E-state index contributed by atoms with van der Waals surface area (Å²) in [6, 6.07) is 0.288. The van der Waals surface area contributed by atoms with Crippen molar-refractivity contribution in [2.45, 2.75) is 31.8 Å². The second-order valence-electron chi connectivity index (χ2n) is 4.42. The van der Waals surface area contributed by atoms with Crippen molar-refractivity contribution in [1.82, 2.24) is 20.2 Å². The highest BCUT2D eigenvalue weighted by Crippen LogP contribution is 2.18. The first-order chi connectivity index (χ1) is 8.07. The predicted molar refractivity (Wildman–Crippen MR) is 64.9 cm³/mol. The van der Waals surface area contributed by atoms with Crippen molar-refractivity contribution in [2.24, 2.45) is 0 Å². The van der Waals surface area contributed by atoms with Crippen molar-refractivity contribution in [3.05, 3.63) is 18.0 Å². The van der Waals surface area contributed by atoms with Crippen LogP contribution in [0.3, 0.4) is 0 Å². The van der Waals surface area contributed by atoms with E-state index in [1.807, 2.05) is 0 Å². The quantitative estimate of drug-likeness (QED) is 0.649. The number of aromatic amines is 1. The number of hydrogen-bond donors (Lipinski definition) is 3. The van der Waals surface area contributed by atoms with Crippen molar-refractivity contribution >= 4 is 10.0 Å². The largest absolute Gasteiger partial charge is 0.313 e. The van der Waals surface area contributed by atoms with E-state index in [2.05, 4.69) is 20.2 Å². The molecule has 96 valence electrons. The molecule has 1 atom stereocenters. The highest BCUT2D eigenvalue weighted by Gasteiger charge is 2.22. The van der Waals surface area contributed by atoms with Gasteiger partial charge in [0.25, 0.3) is 0 Å². The third-order valence-electron chi connectivity index (χ3n) is 2.76. The van der Waals surface area contributed by atoms with E-state index < -0.39 is 10.0 Å². The summed E-state index contributed by atoms with van der Waals surface area (Å²) in [5.74, 6) is 0.117. The first kappa shape index (κ1) is 12.5. The Bertz CT molecular complexity index is 439. The molecule has 17 heavy (non-hydrogen) atoms. The summed E-state index contributed by atoms with van der Waals surface area (Å²) in [5.41, 5.74) is 0.837. The van der Waals surface area contributed by atoms with Crippen LogP contribution in [-0.2, 0) is 10.0 Å². The van der Waals surface area contributed by atoms with Gasteiger partial charge in [0.2, 0.25) is 10.0 Å². The van der Waals surface area contributed by atoms with Gasteiger partial charge in [-0.15, -0.1) is 0 Å². The van der Waals surface area contributed by atoms with Crippen LogP contribution in [0, 0.1) is 0 Å². The van der Waals surface area contributed by atoms with Crippen LogP contribution in [0.25, 0.3) is 0 Å². The molecule has 1 saturated carbocycles. The van der Waals surface area contributed by atoms with E-state index in [0.29, 0.717) is 12.6 Å². The zero-order chi connectivity index (χ0) is 12.3. The van der Waals surface area contributed by atoms with E-state index >= 15 is 0 Å². The Morgan fingerprint density at radius 3 is 2.94 bits per heavy atom. The summed E-state index contributed by atoms with van der Waals surface area (Å²) in [4.78, 5) is 0. The lowest BCUT2D eigenvalue weighted by atomic mass is 10.2.